The van der Waals surface area contributed by atoms with Gasteiger partial charge in [-0.1, -0.05) is 20.8 Å². The summed E-state index contributed by atoms with van der Waals surface area (Å²) in [6, 6.07) is 3.96. The van der Waals surface area contributed by atoms with E-state index >= 15 is 0 Å². The molecule has 2 aromatic rings. The second kappa shape index (κ2) is 4.12. The summed E-state index contributed by atoms with van der Waals surface area (Å²) >= 11 is 0. The van der Waals surface area contributed by atoms with Crippen molar-refractivity contribution in [2.24, 2.45) is 5.92 Å². The number of aromatic nitrogens is 3. The highest BCUT2D eigenvalue weighted by Gasteiger charge is 2.14. The van der Waals surface area contributed by atoms with E-state index in [0.717, 1.165) is 22.8 Å². The molecule has 0 radical (unpaired) electrons. The van der Waals surface area contributed by atoms with E-state index in [1.807, 2.05) is 19.2 Å². The smallest absolute Gasteiger partial charge is 0.179 e. The fourth-order valence-electron chi connectivity index (χ4n) is 1.58. The van der Waals surface area contributed by atoms with Crippen molar-refractivity contribution in [1.82, 2.24) is 15.0 Å². The summed E-state index contributed by atoms with van der Waals surface area (Å²) in [5.41, 5.74) is 1.79. The Kier molecular flexibility index (Phi) is 2.81. The van der Waals surface area contributed by atoms with Crippen molar-refractivity contribution in [2.45, 2.75) is 26.7 Å². The van der Waals surface area contributed by atoms with Crippen molar-refractivity contribution < 1.29 is 0 Å². The number of aromatic amines is 1. The summed E-state index contributed by atoms with van der Waals surface area (Å²) in [5.74, 6) is 2.87. The topological polar surface area (TPSA) is 53.6 Å². The molecule has 0 aliphatic heterocycles. The summed E-state index contributed by atoms with van der Waals surface area (Å²) in [6.45, 7) is 6.58. The van der Waals surface area contributed by atoms with E-state index in [4.69, 9.17) is 0 Å². The zero-order valence-electron chi connectivity index (χ0n) is 10.2. The number of rotatable bonds is 3. The van der Waals surface area contributed by atoms with Crippen LogP contribution in [-0.2, 0) is 0 Å². The maximum absolute atomic E-state index is 4.54. The van der Waals surface area contributed by atoms with E-state index in [0.29, 0.717) is 11.8 Å². The average molecular weight is 218 g/mol. The summed E-state index contributed by atoms with van der Waals surface area (Å²) in [7, 11) is 1.86. The predicted octanol–water partition coefficient (Wildman–Crippen LogP) is 2.76. The molecule has 16 heavy (non-hydrogen) atoms. The van der Waals surface area contributed by atoms with Gasteiger partial charge in [-0.25, -0.2) is 9.97 Å². The number of fused-ring (bicyclic) bond motifs is 1. The molecule has 0 saturated carbocycles. The van der Waals surface area contributed by atoms with Gasteiger partial charge in [0.2, 0.25) is 0 Å². The van der Waals surface area contributed by atoms with Crippen LogP contribution < -0.4 is 5.32 Å². The van der Waals surface area contributed by atoms with Crippen molar-refractivity contribution in [3.63, 3.8) is 0 Å². The molecule has 1 atom stereocenters. The first-order chi connectivity index (χ1) is 7.61. The van der Waals surface area contributed by atoms with Gasteiger partial charge in [0.15, 0.2) is 5.65 Å². The van der Waals surface area contributed by atoms with E-state index in [-0.39, 0.29) is 0 Å². The maximum atomic E-state index is 4.54. The largest absolute Gasteiger partial charge is 0.373 e. The van der Waals surface area contributed by atoms with Crippen LogP contribution in [0.1, 0.15) is 32.5 Å². The van der Waals surface area contributed by atoms with Crippen LogP contribution in [0.15, 0.2) is 12.1 Å². The molecule has 0 fully saturated rings. The Morgan fingerprint density at radius 1 is 1.19 bits per heavy atom. The van der Waals surface area contributed by atoms with Gasteiger partial charge in [0.1, 0.15) is 11.6 Å². The highest BCUT2D eigenvalue weighted by Crippen LogP contribution is 2.23. The van der Waals surface area contributed by atoms with E-state index < -0.39 is 0 Å². The van der Waals surface area contributed by atoms with Gasteiger partial charge in [0.05, 0.1) is 5.52 Å². The molecule has 2 aromatic heterocycles. The fourth-order valence-corrected chi connectivity index (χ4v) is 1.58. The second-order valence-corrected chi connectivity index (χ2v) is 4.47. The number of imidazole rings is 1. The molecule has 0 aromatic carbocycles. The van der Waals surface area contributed by atoms with Crippen LogP contribution in [0.4, 0.5) is 5.82 Å². The van der Waals surface area contributed by atoms with Gasteiger partial charge in [0.25, 0.3) is 0 Å². The third-order valence-electron chi connectivity index (χ3n) is 3.05. The Balaban J connectivity index is 2.43. The number of nitrogens with one attached hydrogen (secondary N) is 2. The molecule has 4 heteroatoms. The van der Waals surface area contributed by atoms with Gasteiger partial charge < -0.3 is 10.3 Å². The fraction of sp³-hybridized carbons (Fsp3) is 0.500. The van der Waals surface area contributed by atoms with Crippen molar-refractivity contribution >= 4 is 17.0 Å². The SMILES string of the molecule is CNc1ccc2[nH]c(C(C)C(C)C)nc2n1. The Morgan fingerprint density at radius 3 is 2.56 bits per heavy atom. The van der Waals surface area contributed by atoms with Crippen molar-refractivity contribution in [3.8, 4) is 0 Å². The first-order valence-electron chi connectivity index (χ1n) is 5.66. The van der Waals surface area contributed by atoms with Gasteiger partial charge in [-0.15, -0.1) is 0 Å². The van der Waals surface area contributed by atoms with Gasteiger partial charge in [0, 0.05) is 13.0 Å². The van der Waals surface area contributed by atoms with Crippen LogP contribution in [-0.4, -0.2) is 22.0 Å². The predicted molar refractivity (Wildman–Crippen MR) is 66.7 cm³/mol. The number of pyridine rings is 1. The lowest BCUT2D eigenvalue weighted by Gasteiger charge is -2.11. The molecule has 0 spiro atoms. The average Bonchev–Trinajstić information content (AvgIpc) is 2.69. The van der Waals surface area contributed by atoms with E-state index in [1.165, 1.54) is 0 Å². The highest BCUT2D eigenvalue weighted by atomic mass is 15.0. The molecule has 2 heterocycles. The van der Waals surface area contributed by atoms with Gasteiger partial charge in [-0.05, 0) is 18.1 Å². The molecule has 2 rings (SSSR count). The van der Waals surface area contributed by atoms with E-state index in [2.05, 4.69) is 41.0 Å². The minimum Gasteiger partial charge on any atom is -0.373 e. The van der Waals surface area contributed by atoms with Crippen molar-refractivity contribution in [1.29, 1.82) is 0 Å². The molecule has 86 valence electrons. The Bertz CT molecular complexity index is 487. The first-order valence-corrected chi connectivity index (χ1v) is 5.66. The zero-order chi connectivity index (χ0) is 11.7. The third-order valence-corrected chi connectivity index (χ3v) is 3.05. The molecule has 0 bridgehead atoms. The lowest BCUT2D eigenvalue weighted by molar-refractivity contribution is 0.515. The second-order valence-electron chi connectivity index (χ2n) is 4.47. The highest BCUT2D eigenvalue weighted by molar-refractivity contribution is 5.72. The number of hydrogen-bond donors (Lipinski definition) is 2. The lowest BCUT2D eigenvalue weighted by atomic mass is 9.98. The molecule has 0 amide bonds. The quantitative estimate of drug-likeness (QED) is 0.832. The summed E-state index contributed by atoms with van der Waals surface area (Å²) in [6.07, 6.45) is 0. The molecule has 0 aliphatic rings. The summed E-state index contributed by atoms with van der Waals surface area (Å²) in [4.78, 5) is 12.3. The van der Waals surface area contributed by atoms with Crippen LogP contribution in [0, 0.1) is 5.92 Å². The van der Waals surface area contributed by atoms with Gasteiger partial charge in [-0.2, -0.15) is 0 Å². The third kappa shape index (κ3) is 1.87. The Morgan fingerprint density at radius 2 is 1.94 bits per heavy atom. The van der Waals surface area contributed by atoms with Crippen molar-refractivity contribution in [2.75, 3.05) is 12.4 Å². The molecule has 2 N–H and O–H groups in total. The number of nitrogens with zero attached hydrogens (tertiary/aromatic N) is 2. The van der Waals surface area contributed by atoms with Crippen LogP contribution in [0.3, 0.4) is 0 Å². The first kappa shape index (κ1) is 10.9. The molecule has 0 saturated heterocycles. The van der Waals surface area contributed by atoms with Gasteiger partial charge >= 0.3 is 0 Å². The van der Waals surface area contributed by atoms with Gasteiger partial charge in [-0.3, -0.25) is 0 Å². The molecule has 4 nitrogen and oxygen atoms in total. The van der Waals surface area contributed by atoms with Crippen LogP contribution in [0.2, 0.25) is 0 Å². The monoisotopic (exact) mass is 218 g/mol. The Hall–Kier alpha value is -1.58. The van der Waals surface area contributed by atoms with Crippen LogP contribution in [0.5, 0.6) is 0 Å². The minimum atomic E-state index is 0.423. The van der Waals surface area contributed by atoms with Crippen LogP contribution in [0.25, 0.3) is 11.2 Å². The van der Waals surface area contributed by atoms with Crippen LogP contribution >= 0.6 is 0 Å². The normalized spacial score (nSPS) is 13.3. The molecule has 1 unspecified atom stereocenters. The van der Waals surface area contributed by atoms with Crippen molar-refractivity contribution in [3.05, 3.63) is 18.0 Å². The number of anilines is 1. The number of hydrogen-bond acceptors (Lipinski definition) is 3. The zero-order valence-corrected chi connectivity index (χ0v) is 10.2. The summed E-state index contributed by atoms with van der Waals surface area (Å²) < 4.78 is 0. The maximum Gasteiger partial charge on any atom is 0.179 e. The number of H-pyrrole nitrogens is 1. The van der Waals surface area contributed by atoms with E-state index in [1.54, 1.807) is 0 Å². The lowest BCUT2D eigenvalue weighted by Crippen LogP contribution is -2.03. The minimum absolute atomic E-state index is 0.423. The Labute approximate surface area is 95.5 Å². The molecule has 0 aliphatic carbocycles. The molecular formula is C12H18N4. The standard InChI is InChI=1S/C12H18N4/c1-7(2)8(3)11-14-9-5-6-10(13-4)15-12(9)16-11/h5-8H,1-4H3,(H2,13,14,15,16). The molecular weight excluding hydrogens is 200 g/mol. The summed E-state index contributed by atoms with van der Waals surface area (Å²) in [5, 5.41) is 3.02. The van der Waals surface area contributed by atoms with E-state index in [9.17, 15) is 0 Å².